The maximum atomic E-state index is 5.83. The van der Waals surface area contributed by atoms with E-state index in [0.717, 1.165) is 29.6 Å². The van der Waals surface area contributed by atoms with E-state index in [9.17, 15) is 0 Å². The summed E-state index contributed by atoms with van der Waals surface area (Å²) in [6.45, 7) is 3.04. The van der Waals surface area contributed by atoms with E-state index in [1.165, 1.54) is 0 Å². The Hall–Kier alpha value is -2.16. The van der Waals surface area contributed by atoms with Gasteiger partial charge in [0.15, 0.2) is 5.82 Å². The first kappa shape index (κ1) is 14.4. The molecule has 3 heterocycles. The molecule has 1 aromatic carbocycles. The predicted molar refractivity (Wildman–Crippen MR) is 85.2 cm³/mol. The molecule has 1 aliphatic heterocycles. The zero-order valence-electron chi connectivity index (χ0n) is 12.4. The number of morpholine rings is 1. The minimum absolute atomic E-state index is 0.0322. The van der Waals surface area contributed by atoms with E-state index < -0.39 is 0 Å². The molecule has 2 aromatic heterocycles. The molecule has 1 fully saturated rings. The largest absolute Gasteiger partial charge is 0.368 e. The molecule has 0 saturated carbocycles. The van der Waals surface area contributed by atoms with Crippen LogP contribution < -0.4 is 0 Å². The Kier molecular flexibility index (Phi) is 4.10. The van der Waals surface area contributed by atoms with Crippen molar-refractivity contribution >= 4 is 11.3 Å². The molecular weight excluding hydrogens is 312 g/mol. The maximum absolute atomic E-state index is 5.83. The van der Waals surface area contributed by atoms with Gasteiger partial charge in [0.25, 0.3) is 0 Å². The third-order valence-electron chi connectivity index (χ3n) is 3.78. The van der Waals surface area contributed by atoms with Crippen LogP contribution in [0.3, 0.4) is 0 Å². The zero-order chi connectivity index (χ0) is 15.5. The van der Waals surface area contributed by atoms with E-state index >= 15 is 0 Å². The second kappa shape index (κ2) is 6.53. The van der Waals surface area contributed by atoms with Gasteiger partial charge >= 0.3 is 0 Å². The maximum Gasteiger partial charge on any atom is 0.170 e. The summed E-state index contributed by atoms with van der Waals surface area (Å²) in [5.41, 5.74) is 0.970. The fourth-order valence-corrected chi connectivity index (χ4v) is 3.34. The Morgan fingerprint density at radius 3 is 3.00 bits per heavy atom. The number of hydrogen-bond donors (Lipinski definition) is 0. The van der Waals surface area contributed by atoms with Crippen LogP contribution in [0.25, 0.3) is 5.69 Å². The SMILES string of the molecule is c1ccc(-n2nnnc2CN2CCO[C@H](c3nccs3)C2)cc1. The van der Waals surface area contributed by atoms with Crippen molar-refractivity contribution in [3.05, 3.63) is 52.7 Å². The fourth-order valence-electron chi connectivity index (χ4n) is 2.66. The Balaban J connectivity index is 1.49. The predicted octanol–water partition coefficient (Wildman–Crippen LogP) is 1.69. The highest BCUT2D eigenvalue weighted by Gasteiger charge is 2.25. The van der Waals surface area contributed by atoms with Gasteiger partial charge in [0.1, 0.15) is 11.1 Å². The van der Waals surface area contributed by atoms with Gasteiger partial charge in [-0.2, -0.15) is 4.68 Å². The van der Waals surface area contributed by atoms with Crippen LogP contribution in [0, 0.1) is 0 Å². The lowest BCUT2D eigenvalue weighted by Crippen LogP contribution is -2.38. The first-order valence-electron chi connectivity index (χ1n) is 7.46. The second-order valence-corrected chi connectivity index (χ2v) is 6.23. The van der Waals surface area contributed by atoms with E-state index in [0.29, 0.717) is 13.2 Å². The monoisotopic (exact) mass is 328 g/mol. The molecular formula is C15H16N6OS. The molecule has 1 aliphatic rings. The molecule has 8 heteroatoms. The average molecular weight is 328 g/mol. The molecule has 1 atom stereocenters. The summed E-state index contributed by atoms with van der Waals surface area (Å²) in [7, 11) is 0. The summed E-state index contributed by atoms with van der Waals surface area (Å²) >= 11 is 1.63. The third-order valence-corrected chi connectivity index (χ3v) is 4.64. The van der Waals surface area contributed by atoms with Crippen molar-refractivity contribution in [1.82, 2.24) is 30.1 Å². The van der Waals surface area contributed by atoms with Gasteiger partial charge in [0.05, 0.1) is 18.8 Å². The molecule has 118 valence electrons. The smallest absolute Gasteiger partial charge is 0.170 e. The lowest BCUT2D eigenvalue weighted by atomic mass is 10.2. The number of benzene rings is 1. The highest BCUT2D eigenvalue weighted by molar-refractivity contribution is 7.09. The summed E-state index contributed by atoms with van der Waals surface area (Å²) in [6, 6.07) is 9.94. The molecule has 3 aromatic rings. The van der Waals surface area contributed by atoms with Crippen LogP contribution in [0.1, 0.15) is 16.9 Å². The molecule has 0 radical (unpaired) electrons. The normalized spacial score (nSPS) is 19.0. The molecule has 7 nitrogen and oxygen atoms in total. The van der Waals surface area contributed by atoms with E-state index in [-0.39, 0.29) is 6.10 Å². The highest BCUT2D eigenvalue weighted by Crippen LogP contribution is 2.24. The topological polar surface area (TPSA) is 69.0 Å². The van der Waals surface area contributed by atoms with Crippen molar-refractivity contribution in [3.63, 3.8) is 0 Å². The number of rotatable bonds is 4. The van der Waals surface area contributed by atoms with Crippen LogP contribution in [-0.2, 0) is 11.3 Å². The lowest BCUT2D eigenvalue weighted by Gasteiger charge is -2.31. The Bertz CT molecular complexity index is 744. The van der Waals surface area contributed by atoms with Crippen LogP contribution in [0.5, 0.6) is 0 Å². The molecule has 23 heavy (non-hydrogen) atoms. The Morgan fingerprint density at radius 2 is 2.17 bits per heavy atom. The van der Waals surface area contributed by atoms with Crippen molar-refractivity contribution in [3.8, 4) is 5.69 Å². The van der Waals surface area contributed by atoms with Crippen LogP contribution in [0.2, 0.25) is 0 Å². The van der Waals surface area contributed by atoms with Crippen LogP contribution in [0.4, 0.5) is 0 Å². The molecule has 4 rings (SSSR count). The fraction of sp³-hybridized carbons (Fsp3) is 0.333. The quantitative estimate of drug-likeness (QED) is 0.726. The molecule has 1 saturated heterocycles. The van der Waals surface area contributed by atoms with Gasteiger partial charge in [-0.25, -0.2) is 4.98 Å². The van der Waals surface area contributed by atoms with Crippen LogP contribution in [0.15, 0.2) is 41.9 Å². The van der Waals surface area contributed by atoms with E-state index in [1.807, 2.05) is 41.9 Å². The van der Waals surface area contributed by atoms with Crippen molar-refractivity contribution in [2.24, 2.45) is 0 Å². The summed E-state index contributed by atoms with van der Waals surface area (Å²) < 4.78 is 7.62. The van der Waals surface area contributed by atoms with Gasteiger partial charge in [-0.1, -0.05) is 18.2 Å². The van der Waals surface area contributed by atoms with Gasteiger partial charge in [-0.3, -0.25) is 4.90 Å². The molecule has 0 bridgehead atoms. The van der Waals surface area contributed by atoms with Gasteiger partial charge in [0, 0.05) is 24.7 Å². The van der Waals surface area contributed by atoms with Gasteiger partial charge < -0.3 is 4.74 Å². The third kappa shape index (κ3) is 3.14. The van der Waals surface area contributed by atoms with Crippen molar-refractivity contribution < 1.29 is 4.74 Å². The number of hydrogen-bond acceptors (Lipinski definition) is 7. The van der Waals surface area contributed by atoms with Crippen molar-refractivity contribution in [1.29, 1.82) is 0 Å². The number of nitrogens with zero attached hydrogens (tertiary/aromatic N) is 6. The molecule has 0 aliphatic carbocycles. The van der Waals surface area contributed by atoms with Gasteiger partial charge in [-0.05, 0) is 22.6 Å². The van der Waals surface area contributed by atoms with Crippen LogP contribution >= 0.6 is 11.3 Å². The summed E-state index contributed by atoms with van der Waals surface area (Å²) in [5.74, 6) is 0.830. The first-order valence-corrected chi connectivity index (χ1v) is 8.34. The minimum Gasteiger partial charge on any atom is -0.368 e. The Morgan fingerprint density at radius 1 is 1.26 bits per heavy atom. The minimum atomic E-state index is 0.0322. The number of tetrazole rings is 1. The molecule has 0 unspecified atom stereocenters. The molecule has 0 spiro atoms. The summed E-state index contributed by atoms with van der Waals surface area (Å²) in [5, 5.41) is 15.1. The Labute approximate surface area is 137 Å². The van der Waals surface area contributed by atoms with Crippen molar-refractivity contribution in [2.45, 2.75) is 12.6 Å². The average Bonchev–Trinajstić information content (AvgIpc) is 3.28. The number of ether oxygens (including phenoxy) is 1. The highest BCUT2D eigenvalue weighted by atomic mass is 32.1. The number of thiazole rings is 1. The van der Waals surface area contributed by atoms with Gasteiger partial charge in [0.2, 0.25) is 0 Å². The first-order chi connectivity index (χ1) is 11.4. The van der Waals surface area contributed by atoms with Crippen molar-refractivity contribution in [2.75, 3.05) is 19.7 Å². The number of para-hydroxylation sites is 1. The van der Waals surface area contributed by atoms with E-state index in [2.05, 4.69) is 25.4 Å². The zero-order valence-corrected chi connectivity index (χ0v) is 13.3. The standard InChI is InChI=1S/C15H16N6OS/c1-2-4-12(5-3-1)21-14(17-18-19-21)11-20-7-8-22-13(10-20)15-16-6-9-23-15/h1-6,9,13H,7-8,10-11H2/t13-/m0/s1. The summed E-state index contributed by atoms with van der Waals surface area (Å²) in [6.07, 6.45) is 1.85. The van der Waals surface area contributed by atoms with Crippen LogP contribution in [-0.4, -0.2) is 49.8 Å². The second-order valence-electron chi connectivity index (χ2n) is 5.31. The van der Waals surface area contributed by atoms with E-state index in [1.54, 1.807) is 16.0 Å². The molecule has 0 N–H and O–H groups in total. The molecule has 0 amide bonds. The van der Waals surface area contributed by atoms with E-state index in [4.69, 9.17) is 4.74 Å². The lowest BCUT2D eigenvalue weighted by molar-refractivity contribution is -0.0339. The number of aromatic nitrogens is 5. The van der Waals surface area contributed by atoms with Gasteiger partial charge in [-0.15, -0.1) is 16.4 Å². The summed E-state index contributed by atoms with van der Waals surface area (Å²) in [4.78, 5) is 6.66.